The largest absolute Gasteiger partial charge is 0.338 e. The lowest BCUT2D eigenvalue weighted by molar-refractivity contribution is 0.206. The van der Waals surface area contributed by atoms with E-state index >= 15 is 0 Å². The zero-order chi connectivity index (χ0) is 11.7. The number of piperidine rings is 1. The van der Waals surface area contributed by atoms with Gasteiger partial charge in [0.1, 0.15) is 6.67 Å². The van der Waals surface area contributed by atoms with Gasteiger partial charge in [-0.25, -0.2) is 9.06 Å². The molecule has 0 radical (unpaired) electrons. The van der Waals surface area contributed by atoms with Crippen molar-refractivity contribution in [3.05, 3.63) is 0 Å². The van der Waals surface area contributed by atoms with Crippen molar-refractivity contribution < 1.29 is 13.8 Å². The fourth-order valence-corrected chi connectivity index (χ4v) is 2.33. The Hall–Kier alpha value is 0.240. The fourth-order valence-electron chi connectivity index (χ4n) is 1.36. The molecular formula is C10H23FNO2P. The molecule has 1 N–H and O–H groups in total. The summed E-state index contributed by atoms with van der Waals surface area (Å²) in [5.74, 6) is 0.737. The second-order valence-electron chi connectivity index (χ2n) is 3.41. The van der Waals surface area contributed by atoms with Gasteiger partial charge >= 0.3 is 0 Å². The van der Waals surface area contributed by atoms with Crippen molar-refractivity contribution in [3.63, 3.8) is 0 Å². The minimum absolute atomic E-state index is 0.00819. The van der Waals surface area contributed by atoms with Crippen LogP contribution < -0.4 is 0 Å². The average Bonchev–Trinajstić information content (AvgIpc) is 2.29. The summed E-state index contributed by atoms with van der Waals surface area (Å²) in [6.45, 7) is 7.43. The van der Waals surface area contributed by atoms with E-state index in [1.54, 1.807) is 0 Å². The highest BCUT2D eigenvalue weighted by atomic mass is 31.2. The van der Waals surface area contributed by atoms with Crippen molar-refractivity contribution in [3.8, 4) is 0 Å². The Labute approximate surface area is 93.6 Å². The molecular weight excluding hydrogens is 216 g/mol. The topological polar surface area (TPSA) is 32.7 Å². The summed E-state index contributed by atoms with van der Waals surface area (Å²) >= 11 is 0. The van der Waals surface area contributed by atoms with Gasteiger partial charge in [-0.05, 0) is 18.8 Å². The maximum absolute atomic E-state index is 11.7. The van der Waals surface area contributed by atoms with Crippen molar-refractivity contribution in [2.45, 2.75) is 33.6 Å². The molecule has 1 aliphatic heterocycles. The van der Waals surface area contributed by atoms with Crippen molar-refractivity contribution in [1.29, 1.82) is 0 Å². The van der Waals surface area contributed by atoms with E-state index in [2.05, 4.69) is 6.92 Å². The quantitative estimate of drug-likeness (QED) is 0.765. The van der Waals surface area contributed by atoms with Crippen LogP contribution >= 0.6 is 8.53 Å². The van der Waals surface area contributed by atoms with E-state index in [1.807, 2.05) is 18.5 Å². The first kappa shape index (κ1) is 15.2. The number of halogens is 1. The van der Waals surface area contributed by atoms with E-state index in [4.69, 9.17) is 4.52 Å². The Morgan fingerprint density at radius 2 is 1.93 bits per heavy atom. The van der Waals surface area contributed by atoms with Crippen molar-refractivity contribution in [2.75, 3.05) is 26.4 Å². The molecule has 5 heteroatoms. The van der Waals surface area contributed by atoms with Gasteiger partial charge in [0.25, 0.3) is 8.53 Å². The highest BCUT2D eigenvalue weighted by Gasteiger charge is 2.22. The van der Waals surface area contributed by atoms with E-state index in [-0.39, 0.29) is 6.61 Å². The normalized spacial score (nSPS) is 20.6. The van der Waals surface area contributed by atoms with Crippen LogP contribution in [-0.2, 0) is 4.52 Å². The Balaban J connectivity index is 0.000000921. The third-order valence-electron chi connectivity index (χ3n) is 2.29. The van der Waals surface area contributed by atoms with Crippen LogP contribution in [0.3, 0.4) is 0 Å². The molecule has 1 heterocycles. The molecule has 1 aliphatic rings. The number of alkyl halides is 1. The highest BCUT2D eigenvalue weighted by molar-refractivity contribution is 7.43. The lowest BCUT2D eigenvalue weighted by Crippen LogP contribution is -2.29. The molecule has 0 aromatic rings. The highest BCUT2D eigenvalue weighted by Crippen LogP contribution is 2.39. The zero-order valence-electron chi connectivity index (χ0n) is 9.95. The lowest BCUT2D eigenvalue weighted by Gasteiger charge is -2.31. The molecule has 0 bridgehead atoms. The van der Waals surface area contributed by atoms with E-state index < -0.39 is 15.2 Å². The first-order valence-electron chi connectivity index (χ1n) is 5.66. The van der Waals surface area contributed by atoms with Crippen LogP contribution in [0.15, 0.2) is 0 Å². The molecule has 0 amide bonds. The van der Waals surface area contributed by atoms with Crippen LogP contribution in [0.1, 0.15) is 33.6 Å². The predicted octanol–water partition coefficient (Wildman–Crippen LogP) is 2.95. The molecule has 0 spiro atoms. The van der Waals surface area contributed by atoms with Crippen LogP contribution in [0, 0.1) is 5.92 Å². The molecule has 3 nitrogen and oxygen atoms in total. The van der Waals surface area contributed by atoms with Gasteiger partial charge in [-0.2, -0.15) is 0 Å². The molecule has 1 rings (SSSR count). The minimum Gasteiger partial charge on any atom is -0.338 e. The number of nitrogens with zero attached hydrogens (tertiary/aromatic N) is 1. The van der Waals surface area contributed by atoms with E-state index in [9.17, 15) is 9.28 Å². The summed E-state index contributed by atoms with van der Waals surface area (Å²) in [6, 6.07) is 0. The molecule has 92 valence electrons. The van der Waals surface area contributed by atoms with Gasteiger partial charge in [-0.3, -0.25) is 0 Å². The van der Waals surface area contributed by atoms with E-state index in [0.717, 1.165) is 31.8 Å². The van der Waals surface area contributed by atoms with Gasteiger partial charge in [0.05, 0.1) is 6.61 Å². The summed E-state index contributed by atoms with van der Waals surface area (Å²) < 4.78 is 18.6. The maximum atomic E-state index is 11.7. The number of hydrogen-bond acceptors (Lipinski definition) is 3. The van der Waals surface area contributed by atoms with Gasteiger partial charge < -0.3 is 9.42 Å². The Morgan fingerprint density at radius 3 is 2.40 bits per heavy atom. The van der Waals surface area contributed by atoms with Gasteiger partial charge in [-0.15, -0.1) is 0 Å². The van der Waals surface area contributed by atoms with Gasteiger partial charge in [0, 0.05) is 13.1 Å². The second kappa shape index (κ2) is 9.46. The van der Waals surface area contributed by atoms with Crippen molar-refractivity contribution >= 4 is 8.53 Å². The third-order valence-corrected chi connectivity index (χ3v) is 3.58. The summed E-state index contributed by atoms with van der Waals surface area (Å²) in [7, 11) is -1.53. The molecule has 1 unspecified atom stereocenters. The predicted molar refractivity (Wildman–Crippen MR) is 62.4 cm³/mol. The van der Waals surface area contributed by atoms with Crippen LogP contribution in [-0.4, -0.2) is 35.9 Å². The molecule has 0 aromatic heterocycles. The zero-order valence-corrected chi connectivity index (χ0v) is 10.8. The summed E-state index contributed by atoms with van der Waals surface area (Å²) in [4.78, 5) is 9.49. The number of hydrogen-bond donors (Lipinski definition) is 1. The van der Waals surface area contributed by atoms with Crippen LogP contribution in [0.5, 0.6) is 0 Å². The molecule has 1 saturated heterocycles. The monoisotopic (exact) mass is 239 g/mol. The second-order valence-corrected chi connectivity index (χ2v) is 4.74. The molecule has 1 atom stereocenters. The fraction of sp³-hybridized carbons (Fsp3) is 1.00. The molecule has 0 aliphatic carbocycles. The Kier molecular flexibility index (Phi) is 9.62. The molecule has 0 aromatic carbocycles. The van der Waals surface area contributed by atoms with Gasteiger partial charge in [0.2, 0.25) is 0 Å². The standard InChI is InChI=1S/C8H17FNO2P.C2H6/c1-8-2-5-10(6-3-8)13(11)12-7-4-9;1-2/h8,11H,2-7H2,1H3;1-2H3. The van der Waals surface area contributed by atoms with E-state index in [0.29, 0.717) is 0 Å². The lowest BCUT2D eigenvalue weighted by atomic mass is 10.0. The van der Waals surface area contributed by atoms with Crippen molar-refractivity contribution in [2.24, 2.45) is 5.92 Å². The Bertz CT molecular complexity index is 143. The number of rotatable bonds is 4. The van der Waals surface area contributed by atoms with Gasteiger partial charge in [0.15, 0.2) is 0 Å². The Morgan fingerprint density at radius 1 is 1.40 bits per heavy atom. The van der Waals surface area contributed by atoms with E-state index in [1.165, 1.54) is 0 Å². The maximum Gasteiger partial charge on any atom is 0.256 e. The SMILES string of the molecule is CC.CC1CCN(P(O)OCCF)CC1. The summed E-state index contributed by atoms with van der Waals surface area (Å²) in [5.41, 5.74) is 0. The average molecular weight is 239 g/mol. The minimum atomic E-state index is -1.53. The van der Waals surface area contributed by atoms with Crippen LogP contribution in [0.25, 0.3) is 0 Å². The molecule has 0 saturated carbocycles. The molecule has 15 heavy (non-hydrogen) atoms. The summed E-state index contributed by atoms with van der Waals surface area (Å²) in [6.07, 6.45) is 2.19. The summed E-state index contributed by atoms with van der Waals surface area (Å²) in [5, 5.41) is 0. The smallest absolute Gasteiger partial charge is 0.256 e. The first-order valence-corrected chi connectivity index (χ1v) is 6.83. The third kappa shape index (κ3) is 6.41. The molecule has 1 fully saturated rings. The van der Waals surface area contributed by atoms with Crippen molar-refractivity contribution in [1.82, 2.24) is 4.67 Å². The first-order chi connectivity index (χ1) is 7.24. The van der Waals surface area contributed by atoms with Gasteiger partial charge in [-0.1, -0.05) is 20.8 Å². The van der Waals surface area contributed by atoms with Crippen LogP contribution in [0.2, 0.25) is 0 Å². The van der Waals surface area contributed by atoms with Crippen LogP contribution in [0.4, 0.5) is 4.39 Å².